The van der Waals surface area contributed by atoms with Crippen LogP contribution in [0.5, 0.6) is 5.88 Å². The smallest absolute Gasteiger partial charge is 0.214 e. The van der Waals surface area contributed by atoms with E-state index in [0.29, 0.717) is 30.3 Å². The number of fused-ring (bicyclic) bond motifs is 1. The number of halogens is 2. The molecule has 0 atom stereocenters. The molecule has 0 aliphatic rings. The molecule has 2 rings (SSSR count). The Morgan fingerprint density at radius 3 is 2.67 bits per heavy atom. The van der Waals surface area contributed by atoms with Gasteiger partial charge in [-0.2, -0.15) is 0 Å². The molecule has 0 saturated carbocycles. The van der Waals surface area contributed by atoms with Crippen LogP contribution >= 0.6 is 24.8 Å². The van der Waals surface area contributed by atoms with Crippen molar-refractivity contribution in [3.05, 3.63) is 24.4 Å². The van der Waals surface area contributed by atoms with E-state index in [1.165, 1.54) is 0 Å². The summed E-state index contributed by atoms with van der Waals surface area (Å²) < 4.78 is 10.3. The summed E-state index contributed by atoms with van der Waals surface area (Å²) in [6, 6.07) is 5.32. The van der Waals surface area contributed by atoms with Crippen LogP contribution in [0.4, 0.5) is 5.69 Å². The minimum absolute atomic E-state index is 0. The topological polar surface area (TPSA) is 70.3 Å². The molecule has 0 spiro atoms. The van der Waals surface area contributed by atoms with Gasteiger partial charge in [-0.05, 0) is 12.1 Å². The van der Waals surface area contributed by atoms with Crippen LogP contribution in [0, 0.1) is 0 Å². The minimum Gasteiger partial charge on any atom is -0.475 e. The lowest BCUT2D eigenvalue weighted by molar-refractivity contribution is 0.144. The number of hydrogen-bond donors (Lipinski definition) is 1. The lowest BCUT2D eigenvalue weighted by Crippen LogP contribution is -2.05. The van der Waals surface area contributed by atoms with Crippen LogP contribution in [0.1, 0.15) is 0 Å². The fourth-order valence-corrected chi connectivity index (χ4v) is 1.34. The summed E-state index contributed by atoms with van der Waals surface area (Å²) in [6.07, 6.45) is 1.66. The zero-order valence-corrected chi connectivity index (χ0v) is 11.5. The van der Waals surface area contributed by atoms with Gasteiger partial charge < -0.3 is 15.2 Å². The summed E-state index contributed by atoms with van der Waals surface area (Å²) in [5, 5.41) is 0. The molecule has 2 N–H and O–H groups in total. The summed E-state index contributed by atoms with van der Waals surface area (Å²) in [6.45, 7) is 0.997. The molecule has 0 bridgehead atoms. The number of ether oxygens (including phenoxy) is 2. The third-order valence-corrected chi connectivity index (χ3v) is 2.13. The Labute approximate surface area is 118 Å². The van der Waals surface area contributed by atoms with E-state index in [2.05, 4.69) is 9.97 Å². The number of aromatic nitrogens is 2. The molecule has 0 saturated heterocycles. The van der Waals surface area contributed by atoms with Gasteiger partial charge in [-0.25, -0.2) is 4.98 Å². The van der Waals surface area contributed by atoms with E-state index in [-0.39, 0.29) is 24.8 Å². The molecule has 0 unspecified atom stereocenters. The third-order valence-electron chi connectivity index (χ3n) is 2.13. The highest BCUT2D eigenvalue weighted by molar-refractivity contribution is 5.86. The van der Waals surface area contributed by atoms with Crippen molar-refractivity contribution in [1.29, 1.82) is 0 Å². The molecule has 0 aromatic carbocycles. The van der Waals surface area contributed by atoms with Crippen molar-refractivity contribution < 1.29 is 9.47 Å². The Balaban J connectivity index is 0.00000144. The normalized spacial score (nSPS) is 9.39. The van der Waals surface area contributed by atoms with Gasteiger partial charge in [0.1, 0.15) is 12.1 Å². The highest BCUT2D eigenvalue weighted by Crippen LogP contribution is 2.19. The Kier molecular flexibility index (Phi) is 7.35. The second-order valence-electron chi connectivity index (χ2n) is 3.26. The van der Waals surface area contributed by atoms with Gasteiger partial charge in [-0.3, -0.25) is 4.98 Å². The molecular weight excluding hydrogens is 277 g/mol. The summed E-state index contributed by atoms with van der Waals surface area (Å²) >= 11 is 0. The van der Waals surface area contributed by atoms with Crippen molar-refractivity contribution in [1.82, 2.24) is 9.97 Å². The summed E-state index contributed by atoms with van der Waals surface area (Å²) in [7, 11) is 1.62. The number of anilines is 1. The Bertz CT molecular complexity index is 497. The minimum atomic E-state index is 0. The van der Waals surface area contributed by atoms with Gasteiger partial charge in [0.05, 0.1) is 17.8 Å². The molecule has 100 valence electrons. The van der Waals surface area contributed by atoms with Crippen molar-refractivity contribution in [2.24, 2.45) is 0 Å². The van der Waals surface area contributed by atoms with Gasteiger partial charge in [-0.1, -0.05) is 0 Å². The number of hydrogen-bond acceptors (Lipinski definition) is 5. The second kappa shape index (κ2) is 7.92. The van der Waals surface area contributed by atoms with E-state index in [4.69, 9.17) is 15.2 Å². The van der Waals surface area contributed by atoms with Crippen molar-refractivity contribution in [2.75, 3.05) is 26.1 Å². The standard InChI is InChI=1S/C11H13N3O2.2ClH/c1-15-6-7-16-10-3-2-9-11(14-10)8(12)4-5-13-9;;/h2-5H,6-7H2,1H3,(H2,12,13);2*1H. The Morgan fingerprint density at radius 1 is 1.17 bits per heavy atom. The van der Waals surface area contributed by atoms with Crippen LogP contribution in [-0.2, 0) is 4.74 Å². The molecule has 2 aromatic heterocycles. The SMILES string of the molecule is COCCOc1ccc2nccc(N)c2n1.Cl.Cl. The molecule has 5 nitrogen and oxygen atoms in total. The van der Waals surface area contributed by atoms with Crippen molar-refractivity contribution in [2.45, 2.75) is 0 Å². The predicted octanol–water partition coefficient (Wildman–Crippen LogP) is 2.08. The van der Waals surface area contributed by atoms with Crippen LogP contribution in [0.2, 0.25) is 0 Å². The number of pyridine rings is 2. The zero-order chi connectivity index (χ0) is 11.4. The first-order valence-electron chi connectivity index (χ1n) is 4.94. The van der Waals surface area contributed by atoms with Gasteiger partial charge in [0, 0.05) is 19.4 Å². The lowest BCUT2D eigenvalue weighted by Gasteiger charge is -2.06. The highest BCUT2D eigenvalue weighted by Gasteiger charge is 2.02. The number of nitrogens with zero attached hydrogens (tertiary/aromatic N) is 2. The van der Waals surface area contributed by atoms with Gasteiger partial charge in [-0.15, -0.1) is 24.8 Å². The molecule has 2 heterocycles. The molecule has 0 aliphatic carbocycles. The molecule has 18 heavy (non-hydrogen) atoms. The average molecular weight is 292 g/mol. The number of methoxy groups -OCH3 is 1. The van der Waals surface area contributed by atoms with E-state index in [0.717, 1.165) is 5.52 Å². The molecular formula is C11H15Cl2N3O2. The molecule has 2 aromatic rings. The van der Waals surface area contributed by atoms with Gasteiger partial charge in [0.15, 0.2) is 0 Å². The van der Waals surface area contributed by atoms with Crippen LogP contribution < -0.4 is 10.5 Å². The highest BCUT2D eigenvalue weighted by atomic mass is 35.5. The predicted molar refractivity (Wildman–Crippen MR) is 75.8 cm³/mol. The molecule has 0 fully saturated rings. The van der Waals surface area contributed by atoms with Crippen molar-refractivity contribution in [3.63, 3.8) is 0 Å². The van der Waals surface area contributed by atoms with Gasteiger partial charge in [0.25, 0.3) is 0 Å². The maximum absolute atomic E-state index is 5.80. The maximum atomic E-state index is 5.80. The van der Waals surface area contributed by atoms with Crippen molar-refractivity contribution >= 4 is 41.5 Å². The zero-order valence-electron chi connectivity index (χ0n) is 9.83. The summed E-state index contributed by atoms with van der Waals surface area (Å²) in [5.74, 6) is 0.532. The van der Waals surface area contributed by atoms with Crippen LogP contribution in [0.3, 0.4) is 0 Å². The van der Waals surface area contributed by atoms with Crippen LogP contribution in [0.25, 0.3) is 11.0 Å². The van der Waals surface area contributed by atoms with Crippen LogP contribution in [-0.4, -0.2) is 30.3 Å². The van der Waals surface area contributed by atoms with E-state index >= 15 is 0 Å². The summed E-state index contributed by atoms with van der Waals surface area (Å²) in [5.41, 5.74) is 7.82. The van der Waals surface area contributed by atoms with E-state index in [9.17, 15) is 0 Å². The lowest BCUT2D eigenvalue weighted by atomic mass is 10.3. The van der Waals surface area contributed by atoms with Crippen LogP contribution in [0.15, 0.2) is 24.4 Å². The monoisotopic (exact) mass is 291 g/mol. The van der Waals surface area contributed by atoms with Gasteiger partial charge >= 0.3 is 0 Å². The first kappa shape index (κ1) is 16.7. The fraction of sp³-hybridized carbons (Fsp3) is 0.273. The van der Waals surface area contributed by atoms with Crippen molar-refractivity contribution in [3.8, 4) is 5.88 Å². The van der Waals surface area contributed by atoms with E-state index in [1.807, 2.05) is 6.07 Å². The third kappa shape index (κ3) is 3.87. The number of nitrogens with two attached hydrogens (primary N) is 1. The average Bonchev–Trinajstić information content (AvgIpc) is 2.30. The molecule has 7 heteroatoms. The Hall–Kier alpha value is -1.30. The van der Waals surface area contributed by atoms with E-state index < -0.39 is 0 Å². The largest absolute Gasteiger partial charge is 0.475 e. The quantitative estimate of drug-likeness (QED) is 0.874. The Morgan fingerprint density at radius 2 is 1.94 bits per heavy atom. The fourth-order valence-electron chi connectivity index (χ4n) is 1.34. The molecule has 0 radical (unpaired) electrons. The number of nitrogen functional groups attached to an aromatic ring is 1. The van der Waals surface area contributed by atoms with E-state index in [1.54, 1.807) is 25.4 Å². The second-order valence-corrected chi connectivity index (χ2v) is 3.26. The maximum Gasteiger partial charge on any atom is 0.214 e. The molecule has 0 aliphatic heterocycles. The first-order chi connectivity index (χ1) is 7.81. The first-order valence-corrected chi connectivity index (χ1v) is 4.94. The summed E-state index contributed by atoms with van der Waals surface area (Å²) in [4.78, 5) is 8.44. The number of rotatable bonds is 4. The van der Waals surface area contributed by atoms with Gasteiger partial charge in [0.2, 0.25) is 5.88 Å². The molecule has 0 amide bonds.